The van der Waals surface area contributed by atoms with Gasteiger partial charge in [0.25, 0.3) is 0 Å². The van der Waals surface area contributed by atoms with Crippen LogP contribution in [-0.2, 0) is 0 Å². The van der Waals surface area contributed by atoms with E-state index in [4.69, 9.17) is 0 Å². The molecule has 12 aromatic carbocycles. The quantitative estimate of drug-likeness (QED) is 0.128. The molecule has 0 fully saturated rings. The molecule has 0 radical (unpaired) electrons. The molecule has 0 aliphatic carbocycles. The molecule has 0 aliphatic heterocycles. The van der Waals surface area contributed by atoms with Crippen molar-refractivity contribution in [2.45, 2.75) is 0 Å². The molecule has 0 bridgehead atoms. The summed E-state index contributed by atoms with van der Waals surface area (Å²) in [7, 11) is 0. The molecule has 0 amide bonds. The van der Waals surface area contributed by atoms with Crippen LogP contribution in [0.1, 0.15) is 0 Å². The zero-order valence-electron chi connectivity index (χ0n) is 40.8. The van der Waals surface area contributed by atoms with Gasteiger partial charge in [-0.25, -0.2) is 0 Å². The second-order valence-electron chi connectivity index (χ2n) is 18.9. The Labute approximate surface area is 444 Å². The van der Waals surface area contributed by atoms with E-state index in [2.05, 4.69) is 300 Å². The van der Waals surface area contributed by atoms with Crippen LogP contribution in [0.5, 0.6) is 0 Å². The molecule has 2 heterocycles. The summed E-state index contributed by atoms with van der Waals surface area (Å²) in [5, 5.41) is 7.52. The van der Waals surface area contributed by atoms with Gasteiger partial charge in [-0.1, -0.05) is 164 Å². The van der Waals surface area contributed by atoms with Crippen LogP contribution in [0, 0.1) is 0 Å². The van der Waals surface area contributed by atoms with Crippen molar-refractivity contribution in [1.29, 1.82) is 0 Å². The van der Waals surface area contributed by atoms with Crippen LogP contribution >= 0.6 is 22.7 Å². The Balaban J connectivity index is 0.753. The summed E-state index contributed by atoms with van der Waals surface area (Å²) in [5.41, 5.74) is 15.0. The van der Waals surface area contributed by atoms with Crippen molar-refractivity contribution in [3.8, 4) is 22.3 Å². The molecule has 5 heteroatoms. The maximum Gasteiger partial charge on any atom is 0.0540 e. The third kappa shape index (κ3) is 8.25. The predicted octanol–water partition coefficient (Wildman–Crippen LogP) is 21.3. The highest BCUT2D eigenvalue weighted by Crippen LogP contribution is 2.46. The van der Waals surface area contributed by atoms with Crippen molar-refractivity contribution >= 4 is 125 Å². The Morgan fingerprint density at radius 2 is 0.573 bits per heavy atom. The minimum absolute atomic E-state index is 1.10. The van der Waals surface area contributed by atoms with Crippen molar-refractivity contribution in [3.05, 3.63) is 285 Å². The summed E-state index contributed by atoms with van der Waals surface area (Å²) in [4.78, 5) is 7.09. The largest absolute Gasteiger partial charge is 0.310 e. The summed E-state index contributed by atoms with van der Waals surface area (Å²) < 4.78 is 5.09. The number of nitrogens with zero attached hydrogens (tertiary/aromatic N) is 3. The number of hydrogen-bond acceptors (Lipinski definition) is 5. The lowest BCUT2D eigenvalue weighted by Gasteiger charge is -2.27. The molecule has 0 atom stereocenters. The molecule has 3 nitrogen and oxygen atoms in total. The zero-order chi connectivity index (χ0) is 49.7. The van der Waals surface area contributed by atoms with E-state index >= 15 is 0 Å². The van der Waals surface area contributed by atoms with Crippen LogP contribution in [0.4, 0.5) is 51.2 Å². The Kier molecular flexibility index (Phi) is 11.2. The van der Waals surface area contributed by atoms with Crippen LogP contribution in [-0.4, -0.2) is 0 Å². The van der Waals surface area contributed by atoms with Crippen LogP contribution < -0.4 is 14.7 Å². The van der Waals surface area contributed by atoms with Gasteiger partial charge in [-0.3, -0.25) is 0 Å². The standard InChI is InChI=1S/C70H47N3S2/c1-5-18-53(19-6-1)71(54-20-7-2-8-21-54)59-37-40-62-64-44-52(34-42-67(64)74-69(62)46-59)50-30-28-48(29-31-50)49-32-35-57(36-33-49)72(55-22-9-3-10-23-55)58-39-43-68-65(45-58)63-41-38-60(47-70(63)75-68)73(56-24-11-4-12-25-56)66-27-15-17-51-16-13-14-26-61(51)66/h1-47H. The van der Waals surface area contributed by atoms with E-state index in [9.17, 15) is 0 Å². The van der Waals surface area contributed by atoms with Crippen LogP contribution in [0.3, 0.4) is 0 Å². The molecule has 14 aromatic rings. The van der Waals surface area contributed by atoms with Crippen LogP contribution in [0.25, 0.3) is 73.4 Å². The summed E-state index contributed by atoms with van der Waals surface area (Å²) >= 11 is 3.71. The first-order chi connectivity index (χ1) is 37.2. The predicted molar refractivity (Wildman–Crippen MR) is 325 cm³/mol. The molecule has 0 saturated carbocycles. The molecular formula is C70H47N3S2. The molecule has 2 aromatic heterocycles. The maximum absolute atomic E-state index is 2.39. The van der Waals surface area contributed by atoms with Crippen molar-refractivity contribution in [3.63, 3.8) is 0 Å². The summed E-state index contributed by atoms with van der Waals surface area (Å²) in [6, 6.07) is 104. The van der Waals surface area contributed by atoms with Crippen LogP contribution in [0.2, 0.25) is 0 Å². The lowest BCUT2D eigenvalue weighted by atomic mass is 9.99. The van der Waals surface area contributed by atoms with Gasteiger partial charge in [0.05, 0.1) is 5.69 Å². The summed E-state index contributed by atoms with van der Waals surface area (Å²) in [6.45, 7) is 0. The van der Waals surface area contributed by atoms with Gasteiger partial charge in [0.1, 0.15) is 0 Å². The number of fused-ring (bicyclic) bond motifs is 7. The lowest BCUT2D eigenvalue weighted by Crippen LogP contribution is -2.10. The Bertz CT molecular complexity index is 4300. The number of anilines is 9. The molecule has 0 aliphatic rings. The highest BCUT2D eigenvalue weighted by molar-refractivity contribution is 7.26. The van der Waals surface area contributed by atoms with Crippen molar-refractivity contribution in [2.24, 2.45) is 0 Å². The summed E-state index contributed by atoms with van der Waals surface area (Å²) in [5.74, 6) is 0. The van der Waals surface area contributed by atoms with E-state index in [0.29, 0.717) is 0 Å². The summed E-state index contributed by atoms with van der Waals surface area (Å²) in [6.07, 6.45) is 0. The number of thiophene rings is 2. The number of hydrogen-bond donors (Lipinski definition) is 0. The highest BCUT2D eigenvalue weighted by atomic mass is 32.1. The maximum atomic E-state index is 2.39. The fourth-order valence-electron chi connectivity index (χ4n) is 10.8. The number of benzene rings is 12. The number of para-hydroxylation sites is 4. The Morgan fingerprint density at radius 1 is 0.200 bits per heavy atom. The fraction of sp³-hybridized carbons (Fsp3) is 0. The molecule has 75 heavy (non-hydrogen) atoms. The molecule has 14 rings (SSSR count). The van der Waals surface area contributed by atoms with E-state index in [1.165, 1.54) is 73.4 Å². The van der Waals surface area contributed by atoms with Gasteiger partial charge in [-0.2, -0.15) is 0 Å². The van der Waals surface area contributed by atoms with Gasteiger partial charge in [-0.05, 0) is 149 Å². The van der Waals surface area contributed by atoms with Gasteiger partial charge < -0.3 is 14.7 Å². The van der Waals surface area contributed by atoms with E-state index in [0.717, 1.165) is 51.2 Å². The van der Waals surface area contributed by atoms with Gasteiger partial charge in [0.2, 0.25) is 0 Å². The van der Waals surface area contributed by atoms with Gasteiger partial charge in [0.15, 0.2) is 0 Å². The average molecular weight is 994 g/mol. The first-order valence-corrected chi connectivity index (χ1v) is 27.0. The third-order valence-corrected chi connectivity index (χ3v) is 16.7. The van der Waals surface area contributed by atoms with Crippen LogP contribution in [0.15, 0.2) is 285 Å². The minimum Gasteiger partial charge on any atom is -0.310 e. The molecule has 354 valence electrons. The van der Waals surface area contributed by atoms with E-state index in [1.54, 1.807) is 0 Å². The zero-order valence-corrected chi connectivity index (χ0v) is 42.4. The van der Waals surface area contributed by atoms with Gasteiger partial charge in [0, 0.05) is 91.2 Å². The normalized spacial score (nSPS) is 11.5. The van der Waals surface area contributed by atoms with Crippen molar-refractivity contribution in [1.82, 2.24) is 0 Å². The minimum atomic E-state index is 1.10. The molecule has 0 unspecified atom stereocenters. The second kappa shape index (κ2) is 19.0. The molecular weight excluding hydrogens is 947 g/mol. The van der Waals surface area contributed by atoms with Gasteiger partial charge >= 0.3 is 0 Å². The Morgan fingerprint density at radius 3 is 1.13 bits per heavy atom. The SMILES string of the molecule is c1ccc(N(c2ccccc2)c2ccc3c(c2)sc2ccc(-c4ccc(-c5ccc(N(c6ccccc6)c6ccc7sc8cc(N(c9ccccc9)c9cccc%10ccccc9%10)ccc8c7c6)cc5)cc4)cc23)cc1. The second-order valence-corrected chi connectivity index (χ2v) is 21.1. The van der Waals surface area contributed by atoms with Gasteiger partial charge in [-0.15, -0.1) is 22.7 Å². The first kappa shape index (κ1) is 44.4. The third-order valence-electron chi connectivity index (χ3n) is 14.4. The topological polar surface area (TPSA) is 9.72 Å². The molecule has 0 saturated heterocycles. The molecule has 0 N–H and O–H groups in total. The number of rotatable bonds is 11. The smallest absolute Gasteiger partial charge is 0.0540 e. The lowest BCUT2D eigenvalue weighted by molar-refractivity contribution is 1.29. The van der Waals surface area contributed by atoms with Crippen molar-refractivity contribution < 1.29 is 0 Å². The Hall–Kier alpha value is -9.26. The van der Waals surface area contributed by atoms with E-state index < -0.39 is 0 Å². The van der Waals surface area contributed by atoms with E-state index in [1.807, 2.05) is 22.7 Å². The highest BCUT2D eigenvalue weighted by Gasteiger charge is 2.20. The first-order valence-electron chi connectivity index (χ1n) is 25.4. The van der Waals surface area contributed by atoms with Crippen molar-refractivity contribution in [2.75, 3.05) is 14.7 Å². The fourth-order valence-corrected chi connectivity index (χ4v) is 13.0. The molecule has 0 spiro atoms. The average Bonchev–Trinajstić information content (AvgIpc) is 4.04. The monoisotopic (exact) mass is 993 g/mol. The van der Waals surface area contributed by atoms with E-state index in [-0.39, 0.29) is 0 Å².